The minimum Gasteiger partial charge on any atom is -0.497 e. The second-order valence-corrected chi connectivity index (χ2v) is 7.09. The topological polar surface area (TPSA) is 68.5 Å². The second-order valence-electron chi connectivity index (χ2n) is 6.31. The highest BCUT2D eigenvalue weighted by Gasteiger charge is 2.35. The largest absolute Gasteiger partial charge is 0.497 e. The first-order valence-corrected chi connectivity index (χ1v) is 9.44. The van der Waals surface area contributed by atoms with Gasteiger partial charge in [-0.1, -0.05) is 17.3 Å². The fraction of sp³-hybridized carbons (Fsp3) is 0.316. The first-order chi connectivity index (χ1) is 12.7. The molecule has 134 valence electrons. The van der Waals surface area contributed by atoms with Crippen LogP contribution < -0.4 is 4.74 Å². The molecule has 0 bridgehead atoms. The Morgan fingerprint density at radius 2 is 2.12 bits per heavy atom. The van der Waals surface area contributed by atoms with Crippen LogP contribution in [0, 0.1) is 0 Å². The van der Waals surface area contributed by atoms with Gasteiger partial charge in [0.1, 0.15) is 5.75 Å². The summed E-state index contributed by atoms with van der Waals surface area (Å²) >= 11 is 1.60. The summed E-state index contributed by atoms with van der Waals surface area (Å²) in [6, 6.07) is 9.79. The van der Waals surface area contributed by atoms with Crippen molar-refractivity contribution >= 4 is 17.2 Å². The number of carbonyl (C=O) groups excluding carboxylic acids is 1. The van der Waals surface area contributed by atoms with Gasteiger partial charge in [-0.05, 0) is 35.6 Å². The van der Waals surface area contributed by atoms with E-state index in [1.54, 1.807) is 18.4 Å². The number of benzene rings is 1. The first-order valence-electron chi connectivity index (χ1n) is 8.50. The average molecular weight is 369 g/mol. The van der Waals surface area contributed by atoms with Crippen molar-refractivity contribution in [3.8, 4) is 17.1 Å². The minimum atomic E-state index is 0.139. The van der Waals surface area contributed by atoms with Crippen LogP contribution in [-0.4, -0.2) is 41.1 Å². The lowest BCUT2D eigenvalue weighted by atomic mass is 9.99. The van der Waals surface area contributed by atoms with Crippen LogP contribution in [0.5, 0.6) is 5.75 Å². The van der Waals surface area contributed by atoms with E-state index in [0.717, 1.165) is 23.3 Å². The van der Waals surface area contributed by atoms with Gasteiger partial charge in [0.25, 0.3) is 0 Å². The van der Waals surface area contributed by atoms with Gasteiger partial charge < -0.3 is 14.2 Å². The molecule has 6 nitrogen and oxygen atoms in total. The molecule has 0 N–H and O–H groups in total. The molecule has 26 heavy (non-hydrogen) atoms. The number of methoxy groups -OCH3 is 1. The van der Waals surface area contributed by atoms with Crippen LogP contribution in [0.25, 0.3) is 11.4 Å². The molecular formula is C19H19N3O3S. The highest BCUT2D eigenvalue weighted by atomic mass is 32.1. The summed E-state index contributed by atoms with van der Waals surface area (Å²) in [5, 5.41) is 8.00. The molecule has 0 saturated carbocycles. The van der Waals surface area contributed by atoms with Crippen LogP contribution in [0.15, 0.2) is 45.6 Å². The molecule has 1 amide bonds. The van der Waals surface area contributed by atoms with Crippen molar-refractivity contribution in [2.45, 2.75) is 18.8 Å². The molecule has 0 aliphatic carbocycles. The van der Waals surface area contributed by atoms with E-state index in [4.69, 9.17) is 9.26 Å². The number of aryl methyl sites for hydroxylation is 1. The zero-order valence-electron chi connectivity index (χ0n) is 14.4. The van der Waals surface area contributed by atoms with Crippen LogP contribution in [0.3, 0.4) is 0 Å². The summed E-state index contributed by atoms with van der Waals surface area (Å²) in [6.45, 7) is 1.29. The van der Waals surface area contributed by atoms with Crippen molar-refractivity contribution in [1.82, 2.24) is 15.0 Å². The fourth-order valence-corrected chi connectivity index (χ4v) is 3.58. The van der Waals surface area contributed by atoms with E-state index >= 15 is 0 Å². The van der Waals surface area contributed by atoms with Crippen LogP contribution in [0.1, 0.15) is 23.8 Å². The number of rotatable bonds is 6. The minimum absolute atomic E-state index is 0.139. The van der Waals surface area contributed by atoms with E-state index in [9.17, 15) is 4.79 Å². The van der Waals surface area contributed by atoms with Crippen molar-refractivity contribution in [1.29, 1.82) is 0 Å². The molecule has 1 aromatic carbocycles. The van der Waals surface area contributed by atoms with Gasteiger partial charge in [-0.3, -0.25) is 4.79 Å². The molecule has 2 aromatic heterocycles. The molecule has 3 aromatic rings. The van der Waals surface area contributed by atoms with Crippen LogP contribution in [-0.2, 0) is 11.2 Å². The number of aromatic nitrogens is 2. The molecule has 0 atom stereocenters. The SMILES string of the molecule is COc1ccc(CCC(=O)N2CC(c3nc(-c4ccsc4)no3)C2)cc1. The average Bonchev–Trinajstić information content (AvgIpc) is 3.30. The van der Waals surface area contributed by atoms with E-state index in [0.29, 0.717) is 31.2 Å². The van der Waals surface area contributed by atoms with Gasteiger partial charge in [0.05, 0.1) is 13.0 Å². The van der Waals surface area contributed by atoms with Crippen molar-refractivity contribution in [2.24, 2.45) is 0 Å². The lowest BCUT2D eigenvalue weighted by molar-refractivity contribution is -0.135. The molecule has 0 unspecified atom stereocenters. The zero-order chi connectivity index (χ0) is 17.9. The lowest BCUT2D eigenvalue weighted by Crippen LogP contribution is -2.48. The molecular weight excluding hydrogens is 350 g/mol. The second kappa shape index (κ2) is 7.29. The van der Waals surface area contributed by atoms with E-state index in [2.05, 4.69) is 10.1 Å². The normalized spacial score (nSPS) is 14.3. The predicted molar refractivity (Wildman–Crippen MR) is 98.2 cm³/mol. The summed E-state index contributed by atoms with van der Waals surface area (Å²) < 4.78 is 10.5. The fourth-order valence-electron chi connectivity index (χ4n) is 2.95. The maximum atomic E-state index is 12.3. The van der Waals surface area contributed by atoms with Crippen LogP contribution >= 0.6 is 11.3 Å². The number of thiophene rings is 1. The molecule has 0 spiro atoms. The number of hydrogen-bond donors (Lipinski definition) is 0. The van der Waals surface area contributed by atoms with Gasteiger partial charge in [0.15, 0.2) is 0 Å². The first kappa shape index (κ1) is 16.8. The third-order valence-corrected chi connectivity index (χ3v) is 5.27. The van der Waals surface area contributed by atoms with Gasteiger partial charge in [0.2, 0.25) is 17.6 Å². The zero-order valence-corrected chi connectivity index (χ0v) is 15.2. The Balaban J connectivity index is 1.27. The highest BCUT2D eigenvalue weighted by Crippen LogP contribution is 2.28. The van der Waals surface area contributed by atoms with E-state index in [1.165, 1.54) is 0 Å². The summed E-state index contributed by atoms with van der Waals surface area (Å²) in [4.78, 5) is 18.6. The summed E-state index contributed by atoms with van der Waals surface area (Å²) in [5.74, 6) is 2.36. The smallest absolute Gasteiger partial charge is 0.233 e. The number of hydrogen-bond acceptors (Lipinski definition) is 6. The Hall–Kier alpha value is -2.67. The summed E-state index contributed by atoms with van der Waals surface area (Å²) in [6.07, 6.45) is 1.23. The van der Waals surface area contributed by atoms with Crippen molar-refractivity contribution < 1.29 is 14.1 Å². The van der Waals surface area contributed by atoms with Crippen molar-refractivity contribution in [3.05, 3.63) is 52.5 Å². The Bertz CT molecular complexity index is 868. The number of likely N-dealkylation sites (tertiary alicyclic amines) is 1. The molecule has 3 heterocycles. The third kappa shape index (κ3) is 3.48. The predicted octanol–water partition coefficient (Wildman–Crippen LogP) is 3.37. The van der Waals surface area contributed by atoms with Gasteiger partial charge >= 0.3 is 0 Å². The number of nitrogens with zero attached hydrogens (tertiary/aromatic N) is 3. The maximum Gasteiger partial charge on any atom is 0.233 e. The highest BCUT2D eigenvalue weighted by molar-refractivity contribution is 7.08. The third-order valence-electron chi connectivity index (χ3n) is 4.59. The van der Waals surface area contributed by atoms with Crippen LogP contribution in [0.2, 0.25) is 0 Å². The molecule has 1 aliphatic rings. The monoisotopic (exact) mass is 369 g/mol. The molecule has 0 radical (unpaired) electrons. The number of carbonyl (C=O) groups is 1. The molecule has 1 aliphatic heterocycles. The molecule has 7 heteroatoms. The van der Waals surface area contributed by atoms with Crippen molar-refractivity contribution in [3.63, 3.8) is 0 Å². The standard InChI is InChI=1S/C19H19N3O3S/c1-24-16-5-2-13(3-6-16)4-7-17(23)22-10-15(11-22)19-20-18(21-25-19)14-8-9-26-12-14/h2-3,5-6,8-9,12,15H,4,7,10-11H2,1H3. The molecule has 4 rings (SSSR count). The Morgan fingerprint density at radius 3 is 2.81 bits per heavy atom. The lowest BCUT2D eigenvalue weighted by Gasteiger charge is -2.37. The Labute approximate surface area is 155 Å². The molecule has 1 saturated heterocycles. The molecule has 1 fully saturated rings. The summed E-state index contributed by atoms with van der Waals surface area (Å²) in [7, 11) is 1.64. The maximum absolute atomic E-state index is 12.3. The number of amides is 1. The number of ether oxygens (including phenoxy) is 1. The van der Waals surface area contributed by atoms with Crippen molar-refractivity contribution in [2.75, 3.05) is 20.2 Å². The summed E-state index contributed by atoms with van der Waals surface area (Å²) in [5.41, 5.74) is 2.10. The van der Waals surface area contributed by atoms with Gasteiger partial charge in [-0.15, -0.1) is 0 Å². The quantitative estimate of drug-likeness (QED) is 0.666. The van der Waals surface area contributed by atoms with E-state index < -0.39 is 0 Å². The van der Waals surface area contributed by atoms with Gasteiger partial charge in [0, 0.05) is 30.5 Å². The van der Waals surface area contributed by atoms with E-state index in [1.807, 2.05) is 46.0 Å². The van der Waals surface area contributed by atoms with E-state index in [-0.39, 0.29) is 11.8 Å². The Morgan fingerprint density at radius 1 is 1.31 bits per heavy atom. The van der Waals surface area contributed by atoms with Gasteiger partial charge in [-0.2, -0.15) is 16.3 Å². The van der Waals surface area contributed by atoms with Crippen LogP contribution in [0.4, 0.5) is 0 Å². The Kier molecular flexibility index (Phi) is 4.71. The van der Waals surface area contributed by atoms with Gasteiger partial charge in [-0.25, -0.2) is 0 Å².